The van der Waals surface area contributed by atoms with Gasteiger partial charge in [0.05, 0.1) is 11.4 Å². The fourth-order valence-electron chi connectivity index (χ4n) is 2.64. The molecule has 0 fully saturated rings. The molecule has 1 aromatic heterocycles. The highest BCUT2D eigenvalue weighted by molar-refractivity contribution is 6.37. The van der Waals surface area contributed by atoms with Gasteiger partial charge in [0.1, 0.15) is 6.61 Å². The third-order valence-electron chi connectivity index (χ3n) is 4.24. The highest BCUT2D eigenvalue weighted by Gasteiger charge is 2.13. The maximum absolute atomic E-state index is 12.2. The van der Waals surface area contributed by atoms with Crippen LogP contribution in [0, 0.1) is 6.92 Å². The van der Waals surface area contributed by atoms with Crippen LogP contribution in [0.25, 0.3) is 11.8 Å². The molecule has 0 unspecified atom stereocenters. The SMILES string of the molecule is CC(C=Cc1c(Cl)cccc1Cl)=NOCc1c(C)cccc1-n1nnn(C)c1=O. The van der Waals surface area contributed by atoms with Gasteiger partial charge in [0.2, 0.25) is 0 Å². The van der Waals surface area contributed by atoms with E-state index >= 15 is 0 Å². The highest BCUT2D eigenvalue weighted by Crippen LogP contribution is 2.25. The summed E-state index contributed by atoms with van der Waals surface area (Å²) in [5, 5.41) is 12.9. The molecule has 0 aliphatic rings. The molecule has 0 spiro atoms. The number of allylic oxidation sites excluding steroid dienone is 1. The molecule has 2 aromatic carbocycles. The van der Waals surface area contributed by atoms with Gasteiger partial charge in [-0.2, -0.15) is 9.36 Å². The van der Waals surface area contributed by atoms with Crippen LogP contribution >= 0.6 is 23.2 Å². The topological polar surface area (TPSA) is 74.3 Å². The maximum atomic E-state index is 12.2. The first-order chi connectivity index (χ1) is 13.9. The Morgan fingerprint density at radius 1 is 1.17 bits per heavy atom. The predicted octanol–water partition coefficient (Wildman–Crippen LogP) is 4.19. The predicted molar refractivity (Wildman–Crippen MR) is 115 cm³/mol. The van der Waals surface area contributed by atoms with Crippen LogP contribution < -0.4 is 5.69 Å². The van der Waals surface area contributed by atoms with Gasteiger partial charge in [-0.25, -0.2) is 4.79 Å². The van der Waals surface area contributed by atoms with Crippen molar-refractivity contribution in [1.29, 1.82) is 0 Å². The Morgan fingerprint density at radius 3 is 2.52 bits per heavy atom. The van der Waals surface area contributed by atoms with Crippen LogP contribution in [0.3, 0.4) is 0 Å². The van der Waals surface area contributed by atoms with Crippen molar-refractivity contribution in [3.05, 3.63) is 79.7 Å². The third kappa shape index (κ3) is 4.75. The van der Waals surface area contributed by atoms with Crippen molar-refractivity contribution < 1.29 is 4.84 Å². The standard InChI is InChI=1S/C20H19Cl2N5O2/c1-13-6-4-9-19(27-20(28)26(3)24-25-27)16(13)12-29-23-14(2)10-11-15-17(21)7-5-8-18(15)22/h4-11H,12H2,1-3H3. The van der Waals surface area contributed by atoms with Gasteiger partial charge in [0, 0.05) is 28.2 Å². The lowest BCUT2D eigenvalue weighted by molar-refractivity contribution is 0.130. The molecule has 3 aromatic rings. The number of aromatic nitrogens is 4. The average molecular weight is 432 g/mol. The first kappa shape index (κ1) is 20.8. The Hall–Kier alpha value is -2.90. The van der Waals surface area contributed by atoms with Crippen LogP contribution in [-0.4, -0.2) is 25.5 Å². The molecule has 1 heterocycles. The Labute approximate surface area is 177 Å². The normalized spacial score (nSPS) is 12.0. The summed E-state index contributed by atoms with van der Waals surface area (Å²) in [6, 6.07) is 10.9. The molecule has 0 saturated carbocycles. The molecule has 0 saturated heterocycles. The van der Waals surface area contributed by atoms with E-state index in [-0.39, 0.29) is 12.3 Å². The quantitative estimate of drug-likeness (QED) is 0.433. The van der Waals surface area contributed by atoms with Crippen molar-refractivity contribution in [2.24, 2.45) is 12.2 Å². The summed E-state index contributed by atoms with van der Waals surface area (Å²) >= 11 is 12.3. The monoisotopic (exact) mass is 431 g/mol. The lowest BCUT2D eigenvalue weighted by Crippen LogP contribution is -2.23. The summed E-state index contributed by atoms with van der Waals surface area (Å²) < 4.78 is 2.40. The van der Waals surface area contributed by atoms with Gasteiger partial charge in [0.15, 0.2) is 0 Å². The molecule has 0 radical (unpaired) electrons. The highest BCUT2D eigenvalue weighted by atomic mass is 35.5. The van der Waals surface area contributed by atoms with E-state index in [2.05, 4.69) is 15.6 Å². The number of hydrogen-bond donors (Lipinski definition) is 0. The molecule has 9 heteroatoms. The molecule has 0 N–H and O–H groups in total. The van der Waals surface area contributed by atoms with E-state index in [0.717, 1.165) is 11.1 Å². The van der Waals surface area contributed by atoms with Crippen molar-refractivity contribution in [1.82, 2.24) is 19.8 Å². The van der Waals surface area contributed by atoms with E-state index in [9.17, 15) is 4.79 Å². The van der Waals surface area contributed by atoms with E-state index in [0.29, 0.717) is 27.0 Å². The third-order valence-corrected chi connectivity index (χ3v) is 4.90. The van der Waals surface area contributed by atoms with Crippen molar-refractivity contribution >= 4 is 35.0 Å². The van der Waals surface area contributed by atoms with Crippen LogP contribution in [0.2, 0.25) is 10.0 Å². The number of oxime groups is 1. The van der Waals surface area contributed by atoms with E-state index in [1.54, 1.807) is 50.4 Å². The van der Waals surface area contributed by atoms with Crippen molar-refractivity contribution in [3.63, 3.8) is 0 Å². The zero-order valence-electron chi connectivity index (χ0n) is 16.1. The van der Waals surface area contributed by atoms with Gasteiger partial charge in [-0.05, 0) is 54.1 Å². The van der Waals surface area contributed by atoms with E-state index < -0.39 is 0 Å². The van der Waals surface area contributed by atoms with Gasteiger partial charge in [-0.1, -0.05) is 52.6 Å². The molecule has 0 atom stereocenters. The summed E-state index contributed by atoms with van der Waals surface area (Å²) in [6.45, 7) is 3.90. The molecule has 0 amide bonds. The first-order valence-corrected chi connectivity index (χ1v) is 9.50. The molecular weight excluding hydrogens is 413 g/mol. The van der Waals surface area contributed by atoms with Gasteiger partial charge in [-0.15, -0.1) is 0 Å². The second kappa shape index (κ2) is 9.07. The molecule has 0 aliphatic heterocycles. The fourth-order valence-corrected chi connectivity index (χ4v) is 3.16. The number of benzene rings is 2. The van der Waals surface area contributed by atoms with Crippen molar-refractivity contribution in [3.8, 4) is 5.69 Å². The molecule has 29 heavy (non-hydrogen) atoms. The lowest BCUT2D eigenvalue weighted by atomic mass is 10.1. The molecule has 7 nitrogen and oxygen atoms in total. The van der Waals surface area contributed by atoms with Crippen LogP contribution in [0.15, 0.2) is 52.4 Å². The number of nitrogens with zero attached hydrogens (tertiary/aromatic N) is 5. The van der Waals surface area contributed by atoms with E-state index in [1.165, 1.54) is 9.36 Å². The van der Waals surface area contributed by atoms with Gasteiger partial charge in [0.25, 0.3) is 0 Å². The summed E-state index contributed by atoms with van der Waals surface area (Å²) in [5.74, 6) is 0. The summed E-state index contributed by atoms with van der Waals surface area (Å²) in [5.41, 5.74) is 3.36. The fraction of sp³-hybridized carbons (Fsp3) is 0.200. The molecule has 3 rings (SSSR count). The van der Waals surface area contributed by atoms with Crippen LogP contribution in [0.4, 0.5) is 0 Å². The number of aryl methyl sites for hydroxylation is 2. The summed E-state index contributed by atoms with van der Waals surface area (Å²) in [4.78, 5) is 17.7. The first-order valence-electron chi connectivity index (χ1n) is 8.75. The van der Waals surface area contributed by atoms with Gasteiger partial charge < -0.3 is 4.84 Å². The summed E-state index contributed by atoms with van der Waals surface area (Å²) in [6.07, 6.45) is 3.55. The smallest absolute Gasteiger partial charge is 0.368 e. The Bertz CT molecular complexity index is 1130. The largest absolute Gasteiger partial charge is 0.391 e. The van der Waals surface area contributed by atoms with Crippen molar-refractivity contribution in [2.45, 2.75) is 20.5 Å². The lowest BCUT2D eigenvalue weighted by Gasteiger charge is -2.10. The maximum Gasteiger partial charge on any atom is 0.368 e. The minimum atomic E-state index is -0.337. The zero-order chi connectivity index (χ0) is 21.0. The Balaban J connectivity index is 1.77. The van der Waals surface area contributed by atoms with E-state index in [1.807, 2.05) is 19.1 Å². The number of halogens is 2. The zero-order valence-corrected chi connectivity index (χ0v) is 17.6. The molecule has 0 aliphatic carbocycles. The Kier molecular flexibility index (Phi) is 6.51. The van der Waals surface area contributed by atoms with Crippen LogP contribution in [0.1, 0.15) is 23.6 Å². The Morgan fingerprint density at radius 2 is 1.86 bits per heavy atom. The molecular formula is C20H19Cl2N5O2. The minimum absolute atomic E-state index is 0.170. The number of tetrazole rings is 1. The summed E-state index contributed by atoms with van der Waals surface area (Å²) in [7, 11) is 1.54. The second-order valence-electron chi connectivity index (χ2n) is 6.34. The molecule has 150 valence electrons. The van der Waals surface area contributed by atoms with Crippen LogP contribution in [0.5, 0.6) is 0 Å². The second-order valence-corrected chi connectivity index (χ2v) is 7.16. The van der Waals surface area contributed by atoms with Gasteiger partial charge >= 0.3 is 5.69 Å². The minimum Gasteiger partial charge on any atom is -0.391 e. The van der Waals surface area contributed by atoms with Crippen molar-refractivity contribution in [2.75, 3.05) is 0 Å². The number of rotatable bonds is 6. The van der Waals surface area contributed by atoms with Gasteiger partial charge in [-0.3, -0.25) is 0 Å². The molecule has 0 bridgehead atoms. The van der Waals surface area contributed by atoms with E-state index in [4.69, 9.17) is 28.0 Å². The average Bonchev–Trinajstić information content (AvgIpc) is 3.01. The van der Waals surface area contributed by atoms with Crippen LogP contribution in [-0.2, 0) is 18.5 Å². The number of hydrogen-bond acceptors (Lipinski definition) is 5.